The lowest BCUT2D eigenvalue weighted by Crippen LogP contribution is -2.53. The van der Waals surface area contributed by atoms with Crippen LogP contribution in [0, 0.1) is 13.8 Å². The number of sulfonamides is 1. The maximum Gasteiger partial charge on any atom is 0.264 e. The van der Waals surface area contributed by atoms with E-state index in [1.807, 2.05) is 19.9 Å². The van der Waals surface area contributed by atoms with Crippen LogP contribution in [0.25, 0.3) is 0 Å². The van der Waals surface area contributed by atoms with Crippen LogP contribution in [-0.4, -0.2) is 43.8 Å². The normalized spacial score (nSPS) is 14.4. The Morgan fingerprint density at radius 2 is 1.64 bits per heavy atom. The van der Waals surface area contributed by atoms with E-state index in [1.165, 1.54) is 17.0 Å². The molecule has 0 aromatic heterocycles. The van der Waals surface area contributed by atoms with Gasteiger partial charge in [0.25, 0.3) is 10.0 Å². The fourth-order valence-corrected chi connectivity index (χ4v) is 7.25. The fraction of sp³-hybridized carbons (Fsp3) is 0.375. The van der Waals surface area contributed by atoms with Gasteiger partial charge in [-0.2, -0.15) is 0 Å². The Morgan fingerprint density at radius 3 is 2.26 bits per heavy atom. The molecule has 1 saturated carbocycles. The Kier molecular flexibility index (Phi) is 10.6. The molecule has 0 radical (unpaired) electrons. The quantitative estimate of drug-likeness (QED) is 0.256. The first-order valence-corrected chi connectivity index (χ1v) is 16.4. The van der Waals surface area contributed by atoms with E-state index in [-0.39, 0.29) is 23.4 Å². The summed E-state index contributed by atoms with van der Waals surface area (Å²) in [5, 5.41) is 4.02. The average molecular weight is 631 g/mol. The number of hydrogen-bond acceptors (Lipinski definition) is 4. The van der Waals surface area contributed by atoms with Crippen molar-refractivity contribution in [1.82, 2.24) is 10.2 Å². The highest BCUT2D eigenvalue weighted by Gasteiger charge is 2.35. The smallest absolute Gasteiger partial charge is 0.264 e. The molecule has 1 fully saturated rings. The van der Waals surface area contributed by atoms with Crippen molar-refractivity contribution in [2.45, 2.75) is 76.4 Å². The van der Waals surface area contributed by atoms with Gasteiger partial charge >= 0.3 is 0 Å². The van der Waals surface area contributed by atoms with Crippen LogP contribution in [0.4, 0.5) is 5.69 Å². The zero-order chi connectivity index (χ0) is 30.4. The third kappa shape index (κ3) is 7.46. The number of rotatable bonds is 11. The van der Waals surface area contributed by atoms with Crippen molar-refractivity contribution >= 4 is 50.7 Å². The molecule has 4 rings (SSSR count). The number of hydrogen-bond donors (Lipinski definition) is 1. The Bertz CT molecular complexity index is 1520. The Morgan fingerprint density at radius 1 is 0.976 bits per heavy atom. The van der Waals surface area contributed by atoms with E-state index in [1.54, 1.807) is 55.5 Å². The third-order valence-electron chi connectivity index (χ3n) is 7.70. The Balaban J connectivity index is 1.75. The van der Waals surface area contributed by atoms with Crippen LogP contribution in [0.1, 0.15) is 55.7 Å². The summed E-state index contributed by atoms with van der Waals surface area (Å²) in [6.07, 6.45) is 4.25. The maximum atomic E-state index is 14.3. The summed E-state index contributed by atoms with van der Waals surface area (Å²) in [6.45, 7) is 4.99. The summed E-state index contributed by atoms with van der Waals surface area (Å²) < 4.78 is 29.3. The van der Waals surface area contributed by atoms with Gasteiger partial charge in [-0.15, -0.1) is 0 Å². The molecule has 0 spiro atoms. The molecule has 3 aromatic rings. The van der Waals surface area contributed by atoms with Crippen molar-refractivity contribution in [2.24, 2.45) is 0 Å². The zero-order valence-electron chi connectivity index (χ0n) is 24.1. The Hall–Kier alpha value is -3.07. The number of nitrogens with zero attached hydrogens (tertiary/aromatic N) is 2. The molecule has 1 atom stereocenters. The summed E-state index contributed by atoms with van der Waals surface area (Å²) >= 11 is 12.7. The number of benzene rings is 3. The lowest BCUT2D eigenvalue weighted by Gasteiger charge is -2.34. The monoisotopic (exact) mass is 629 g/mol. The van der Waals surface area contributed by atoms with Crippen LogP contribution in [0.15, 0.2) is 71.6 Å². The molecule has 1 aliphatic rings. The molecule has 10 heteroatoms. The van der Waals surface area contributed by atoms with Gasteiger partial charge in [-0.05, 0) is 80.6 Å². The van der Waals surface area contributed by atoms with Crippen molar-refractivity contribution in [3.05, 3.63) is 93.5 Å². The first-order chi connectivity index (χ1) is 20.0. The van der Waals surface area contributed by atoms with Crippen molar-refractivity contribution in [3.63, 3.8) is 0 Å². The van der Waals surface area contributed by atoms with Crippen LogP contribution in [0.5, 0.6) is 0 Å². The van der Waals surface area contributed by atoms with E-state index < -0.39 is 28.5 Å². The lowest BCUT2D eigenvalue weighted by molar-refractivity contribution is -0.140. The largest absolute Gasteiger partial charge is 0.352 e. The molecule has 3 aromatic carbocycles. The van der Waals surface area contributed by atoms with Crippen LogP contribution >= 0.6 is 23.2 Å². The van der Waals surface area contributed by atoms with E-state index in [0.29, 0.717) is 33.3 Å². The van der Waals surface area contributed by atoms with Crippen LogP contribution < -0.4 is 9.62 Å². The molecule has 0 aliphatic heterocycles. The van der Waals surface area contributed by atoms with E-state index in [9.17, 15) is 18.0 Å². The highest BCUT2D eigenvalue weighted by molar-refractivity contribution is 7.92. The minimum Gasteiger partial charge on any atom is -0.352 e. The highest BCUT2D eigenvalue weighted by Crippen LogP contribution is 2.30. The SMILES string of the molecule is CC[C@@H](C(=O)NC1CCCC1)N(Cc1ccccc1Cl)C(=O)CN(c1ccc(Cl)cc1C)S(=O)(=O)c1ccc(C)cc1. The first kappa shape index (κ1) is 31.9. The molecule has 0 unspecified atom stereocenters. The number of halogens is 2. The van der Waals surface area contributed by atoms with Gasteiger partial charge in [-0.1, -0.05) is 78.9 Å². The number of carbonyl (C=O) groups excluding carboxylic acids is 2. The van der Waals surface area contributed by atoms with Gasteiger partial charge in [0.2, 0.25) is 11.8 Å². The van der Waals surface area contributed by atoms with E-state index >= 15 is 0 Å². The first-order valence-electron chi connectivity index (χ1n) is 14.2. The van der Waals surface area contributed by atoms with Crippen LogP contribution in [0.3, 0.4) is 0 Å². The molecule has 42 heavy (non-hydrogen) atoms. The van der Waals surface area contributed by atoms with Gasteiger partial charge < -0.3 is 10.2 Å². The Labute approximate surface area is 258 Å². The second-order valence-corrected chi connectivity index (χ2v) is 13.5. The van der Waals surface area contributed by atoms with Crippen molar-refractivity contribution in [1.29, 1.82) is 0 Å². The fourth-order valence-electron chi connectivity index (χ4n) is 5.35. The molecular weight excluding hydrogens is 593 g/mol. The van der Waals surface area contributed by atoms with Crippen LogP contribution in [0.2, 0.25) is 10.0 Å². The van der Waals surface area contributed by atoms with Crippen molar-refractivity contribution < 1.29 is 18.0 Å². The molecular formula is C32H37Cl2N3O4S. The minimum absolute atomic E-state index is 0.0487. The number of carbonyl (C=O) groups is 2. The molecule has 2 amide bonds. The summed E-state index contributed by atoms with van der Waals surface area (Å²) in [5.74, 6) is -0.770. The standard InChI is InChI=1S/C32H37Cl2N3O4S/c1-4-29(32(39)35-26-10-6-7-11-26)36(20-24-9-5-8-12-28(24)34)31(38)21-37(30-18-15-25(33)19-23(30)3)42(40,41)27-16-13-22(2)14-17-27/h5,8-9,12-19,26,29H,4,6-7,10-11,20-21H2,1-3H3,(H,35,39)/t29-/m0/s1. The van der Waals surface area contributed by atoms with Gasteiger partial charge in [0.15, 0.2) is 0 Å². The highest BCUT2D eigenvalue weighted by atomic mass is 35.5. The van der Waals surface area contributed by atoms with Gasteiger partial charge in [0.1, 0.15) is 12.6 Å². The van der Waals surface area contributed by atoms with Gasteiger partial charge in [-0.3, -0.25) is 13.9 Å². The van der Waals surface area contributed by atoms with E-state index in [0.717, 1.165) is 35.6 Å². The van der Waals surface area contributed by atoms with Crippen molar-refractivity contribution in [3.8, 4) is 0 Å². The zero-order valence-corrected chi connectivity index (χ0v) is 26.5. The second-order valence-electron chi connectivity index (χ2n) is 10.8. The summed E-state index contributed by atoms with van der Waals surface area (Å²) in [6, 6.07) is 17.7. The summed E-state index contributed by atoms with van der Waals surface area (Å²) in [4.78, 5) is 29.3. The number of amides is 2. The number of nitrogens with one attached hydrogen (secondary N) is 1. The number of anilines is 1. The van der Waals surface area contributed by atoms with Crippen LogP contribution in [-0.2, 0) is 26.2 Å². The predicted octanol–water partition coefficient (Wildman–Crippen LogP) is 6.67. The van der Waals surface area contributed by atoms with Gasteiger partial charge in [0, 0.05) is 22.6 Å². The lowest BCUT2D eigenvalue weighted by atomic mass is 10.1. The summed E-state index contributed by atoms with van der Waals surface area (Å²) in [5.41, 5.74) is 2.49. The second kappa shape index (κ2) is 13.9. The maximum absolute atomic E-state index is 14.3. The molecule has 0 bridgehead atoms. The molecule has 7 nitrogen and oxygen atoms in total. The van der Waals surface area contributed by atoms with Gasteiger partial charge in [-0.25, -0.2) is 8.42 Å². The number of aryl methyl sites for hydroxylation is 2. The molecule has 1 N–H and O–H groups in total. The van der Waals surface area contributed by atoms with Gasteiger partial charge in [0.05, 0.1) is 10.6 Å². The minimum atomic E-state index is -4.17. The van der Waals surface area contributed by atoms with Crippen molar-refractivity contribution in [2.75, 3.05) is 10.8 Å². The predicted molar refractivity (Wildman–Crippen MR) is 168 cm³/mol. The van der Waals surface area contributed by atoms with E-state index in [2.05, 4.69) is 5.32 Å². The average Bonchev–Trinajstić information content (AvgIpc) is 3.46. The third-order valence-corrected chi connectivity index (χ3v) is 10.1. The molecule has 0 heterocycles. The molecule has 0 saturated heterocycles. The summed E-state index contributed by atoms with van der Waals surface area (Å²) in [7, 11) is -4.17. The topological polar surface area (TPSA) is 86.8 Å². The molecule has 1 aliphatic carbocycles. The van der Waals surface area contributed by atoms with E-state index in [4.69, 9.17) is 23.2 Å². The molecule has 224 valence electrons.